The zero-order chi connectivity index (χ0) is 31.9. The number of benzene rings is 4. The number of nitrogens with zero attached hydrogens (tertiary/aromatic N) is 1. The minimum absolute atomic E-state index is 0.0942. The molecule has 4 rings (SSSR count). The highest BCUT2D eigenvalue weighted by Gasteiger charge is 2.27. The molecular formula is C30H30FN3O8S2. The highest BCUT2D eigenvalue weighted by Crippen LogP contribution is 2.31. The van der Waals surface area contributed by atoms with E-state index in [0.29, 0.717) is 18.1 Å². The summed E-state index contributed by atoms with van der Waals surface area (Å²) in [7, 11) is -5.46. The van der Waals surface area contributed by atoms with Gasteiger partial charge in [-0.15, -0.1) is 0 Å². The predicted molar refractivity (Wildman–Crippen MR) is 164 cm³/mol. The van der Waals surface area contributed by atoms with Gasteiger partial charge in [0.15, 0.2) is 0 Å². The Kier molecular flexibility index (Phi) is 9.96. The topological polar surface area (TPSA) is 140 Å². The van der Waals surface area contributed by atoms with Crippen LogP contribution in [0.25, 0.3) is 0 Å². The summed E-state index contributed by atoms with van der Waals surface area (Å²) >= 11 is 0. The van der Waals surface area contributed by atoms with Crippen molar-refractivity contribution in [2.45, 2.75) is 16.7 Å². The molecule has 4 aromatic rings. The van der Waals surface area contributed by atoms with Gasteiger partial charge in [0.05, 0.1) is 42.0 Å². The van der Waals surface area contributed by atoms with Gasteiger partial charge in [-0.1, -0.05) is 0 Å². The molecule has 0 fully saturated rings. The maximum absolute atomic E-state index is 13.5. The minimum Gasteiger partial charge on any atom is -0.497 e. The lowest BCUT2D eigenvalue weighted by Crippen LogP contribution is -2.38. The molecule has 0 aliphatic heterocycles. The van der Waals surface area contributed by atoms with Crippen molar-refractivity contribution in [1.29, 1.82) is 0 Å². The van der Waals surface area contributed by atoms with Crippen LogP contribution in [-0.4, -0.2) is 50.1 Å². The van der Waals surface area contributed by atoms with Crippen molar-refractivity contribution in [2.24, 2.45) is 0 Å². The average Bonchev–Trinajstić information content (AvgIpc) is 3.01. The molecule has 0 radical (unpaired) electrons. The number of hydrogen-bond acceptors (Lipinski definition) is 8. The number of carbonyl (C=O) groups is 1. The molecule has 0 atom stereocenters. The fourth-order valence-corrected chi connectivity index (χ4v) is 6.55. The largest absolute Gasteiger partial charge is 0.497 e. The summed E-state index contributed by atoms with van der Waals surface area (Å²) in [6, 6.07) is 20.3. The van der Waals surface area contributed by atoms with Gasteiger partial charge in [0.2, 0.25) is 5.91 Å². The summed E-state index contributed by atoms with van der Waals surface area (Å²) in [5, 5.41) is 2.59. The summed E-state index contributed by atoms with van der Waals surface area (Å²) in [4.78, 5) is 12.8. The molecule has 0 aliphatic rings. The third-order valence-electron chi connectivity index (χ3n) is 6.23. The number of rotatable bonds is 13. The van der Waals surface area contributed by atoms with Crippen molar-refractivity contribution in [2.75, 3.05) is 41.7 Å². The van der Waals surface area contributed by atoms with Gasteiger partial charge in [-0.3, -0.25) is 13.8 Å². The van der Waals surface area contributed by atoms with Gasteiger partial charge in [-0.2, -0.15) is 0 Å². The summed E-state index contributed by atoms with van der Waals surface area (Å²) in [6.07, 6.45) is 0. The Balaban J connectivity index is 1.53. The summed E-state index contributed by atoms with van der Waals surface area (Å²) in [6.45, 7) is 1.58. The molecular weight excluding hydrogens is 613 g/mol. The number of ether oxygens (including phenoxy) is 3. The fourth-order valence-electron chi connectivity index (χ4n) is 4.06. The van der Waals surface area contributed by atoms with Crippen LogP contribution in [0, 0.1) is 5.82 Å². The maximum atomic E-state index is 13.5. The van der Waals surface area contributed by atoms with E-state index in [4.69, 9.17) is 14.2 Å². The predicted octanol–water partition coefficient (Wildman–Crippen LogP) is 4.88. The lowest BCUT2D eigenvalue weighted by atomic mass is 10.3. The summed E-state index contributed by atoms with van der Waals surface area (Å²) < 4.78 is 85.7. The molecule has 0 saturated heterocycles. The minimum atomic E-state index is -4.29. The number of amides is 1. The molecule has 44 heavy (non-hydrogen) atoms. The number of methoxy groups -OCH3 is 2. The van der Waals surface area contributed by atoms with E-state index in [-0.39, 0.29) is 32.6 Å². The van der Waals surface area contributed by atoms with Crippen molar-refractivity contribution in [3.63, 3.8) is 0 Å². The number of halogens is 1. The second-order valence-electron chi connectivity index (χ2n) is 9.14. The lowest BCUT2D eigenvalue weighted by molar-refractivity contribution is -0.114. The fraction of sp³-hybridized carbons (Fsp3) is 0.167. The van der Waals surface area contributed by atoms with E-state index in [1.54, 1.807) is 25.1 Å². The number of nitrogens with one attached hydrogen (secondary N) is 2. The van der Waals surface area contributed by atoms with Crippen LogP contribution >= 0.6 is 0 Å². The number of carbonyl (C=O) groups excluding carboxylic acids is 1. The Bertz CT molecular complexity index is 1820. The first-order chi connectivity index (χ1) is 21.0. The quantitative estimate of drug-likeness (QED) is 0.210. The molecule has 0 spiro atoms. The second kappa shape index (κ2) is 13.7. The highest BCUT2D eigenvalue weighted by atomic mass is 32.2. The first-order valence-corrected chi connectivity index (χ1v) is 16.0. The zero-order valence-electron chi connectivity index (χ0n) is 24.0. The van der Waals surface area contributed by atoms with Gasteiger partial charge in [-0.25, -0.2) is 21.2 Å². The van der Waals surface area contributed by atoms with Crippen LogP contribution in [0.15, 0.2) is 101 Å². The Morgan fingerprint density at radius 2 is 1.41 bits per heavy atom. The van der Waals surface area contributed by atoms with Gasteiger partial charge < -0.3 is 19.5 Å². The molecule has 0 unspecified atom stereocenters. The van der Waals surface area contributed by atoms with Gasteiger partial charge >= 0.3 is 0 Å². The average molecular weight is 644 g/mol. The Hall–Kier alpha value is -4.82. The smallest absolute Gasteiger partial charge is 0.264 e. The van der Waals surface area contributed by atoms with Crippen molar-refractivity contribution in [3.8, 4) is 17.2 Å². The van der Waals surface area contributed by atoms with Crippen molar-refractivity contribution in [1.82, 2.24) is 0 Å². The van der Waals surface area contributed by atoms with Crippen LogP contribution in [0.3, 0.4) is 0 Å². The van der Waals surface area contributed by atoms with Crippen LogP contribution in [0.2, 0.25) is 0 Å². The van der Waals surface area contributed by atoms with Crippen LogP contribution in [0.1, 0.15) is 6.92 Å². The van der Waals surface area contributed by atoms with Crippen molar-refractivity contribution >= 4 is 43.0 Å². The standard InChI is InChI=1S/C30H30FN3O8S2/c1-4-42-24-11-9-23(10-12-24)34(44(38,39)27-14-5-21(31)6-15-27)20-30(35)32-22-7-16-26(17-8-22)43(36,37)33-28-18-13-25(40-2)19-29(28)41-3/h5-19,33H,4,20H2,1-3H3,(H,32,35). The van der Waals surface area contributed by atoms with Crippen LogP contribution in [-0.2, 0) is 24.8 Å². The third kappa shape index (κ3) is 7.57. The molecule has 4 aromatic carbocycles. The molecule has 1 amide bonds. The molecule has 11 nitrogen and oxygen atoms in total. The first-order valence-electron chi connectivity index (χ1n) is 13.1. The number of sulfonamides is 2. The third-order valence-corrected chi connectivity index (χ3v) is 9.40. The van der Waals surface area contributed by atoms with Crippen LogP contribution < -0.4 is 28.6 Å². The van der Waals surface area contributed by atoms with Gasteiger partial charge in [0.25, 0.3) is 20.0 Å². The van der Waals surface area contributed by atoms with Gasteiger partial charge in [-0.05, 0) is 91.9 Å². The Morgan fingerprint density at radius 1 is 0.795 bits per heavy atom. The number of hydrogen-bond donors (Lipinski definition) is 2. The normalized spacial score (nSPS) is 11.4. The van der Waals surface area contributed by atoms with E-state index in [9.17, 15) is 26.0 Å². The van der Waals surface area contributed by atoms with Crippen molar-refractivity contribution in [3.05, 3.63) is 96.8 Å². The SMILES string of the molecule is CCOc1ccc(N(CC(=O)Nc2ccc(S(=O)(=O)Nc3ccc(OC)cc3OC)cc2)S(=O)(=O)c2ccc(F)cc2)cc1. The highest BCUT2D eigenvalue weighted by molar-refractivity contribution is 7.93. The molecule has 2 N–H and O–H groups in total. The molecule has 0 aliphatic carbocycles. The van der Waals surface area contributed by atoms with Crippen molar-refractivity contribution < 1.29 is 40.2 Å². The monoisotopic (exact) mass is 643 g/mol. The first kappa shape index (κ1) is 32.1. The molecule has 0 saturated carbocycles. The zero-order valence-corrected chi connectivity index (χ0v) is 25.6. The molecule has 232 valence electrons. The van der Waals surface area contributed by atoms with Gasteiger partial charge in [0, 0.05) is 11.8 Å². The Labute approximate surface area is 255 Å². The summed E-state index contributed by atoms with van der Waals surface area (Å²) in [5.74, 6) is -0.0740. The lowest BCUT2D eigenvalue weighted by Gasteiger charge is -2.24. The van der Waals surface area contributed by atoms with Crippen LogP contribution in [0.5, 0.6) is 17.2 Å². The van der Waals surface area contributed by atoms with Gasteiger partial charge in [0.1, 0.15) is 29.6 Å². The van der Waals surface area contributed by atoms with E-state index in [0.717, 1.165) is 28.6 Å². The van der Waals surface area contributed by atoms with E-state index in [2.05, 4.69) is 10.0 Å². The molecule has 0 bridgehead atoms. The van der Waals surface area contributed by atoms with E-state index in [1.165, 1.54) is 62.8 Å². The molecule has 0 heterocycles. The van der Waals surface area contributed by atoms with E-state index in [1.807, 2.05) is 0 Å². The van der Waals surface area contributed by atoms with E-state index >= 15 is 0 Å². The Morgan fingerprint density at radius 3 is 2.00 bits per heavy atom. The van der Waals surface area contributed by atoms with E-state index < -0.39 is 38.3 Å². The summed E-state index contributed by atoms with van der Waals surface area (Å²) in [5.41, 5.74) is 0.596. The molecule has 0 aromatic heterocycles. The molecule has 14 heteroatoms. The van der Waals surface area contributed by atoms with Crippen LogP contribution in [0.4, 0.5) is 21.5 Å². The second-order valence-corrected chi connectivity index (χ2v) is 12.7. The number of anilines is 3. The maximum Gasteiger partial charge on any atom is 0.264 e.